The van der Waals surface area contributed by atoms with E-state index in [1.807, 2.05) is 4.90 Å². The van der Waals surface area contributed by atoms with Crippen LogP contribution in [-0.4, -0.2) is 27.4 Å². The van der Waals surface area contributed by atoms with Crippen molar-refractivity contribution in [2.24, 2.45) is 22.2 Å². The Morgan fingerprint density at radius 3 is 2.41 bits per heavy atom. The van der Waals surface area contributed by atoms with E-state index < -0.39 is 16.8 Å². The molecule has 4 atom stereocenters. The van der Waals surface area contributed by atoms with E-state index in [0.29, 0.717) is 12.8 Å². The molecule has 3 fully saturated rings. The number of carbonyl (C=O) groups is 2. The summed E-state index contributed by atoms with van der Waals surface area (Å²) in [5.74, 6) is -0.295. The van der Waals surface area contributed by atoms with Crippen molar-refractivity contribution in [3.8, 4) is 0 Å². The van der Waals surface area contributed by atoms with Crippen LogP contribution in [0.15, 0.2) is 30.0 Å². The molecule has 3 aliphatic carbocycles. The Morgan fingerprint density at radius 1 is 1.21 bits per heavy atom. The summed E-state index contributed by atoms with van der Waals surface area (Å²) in [6.45, 7) is 13.3. The van der Waals surface area contributed by atoms with Gasteiger partial charge in [0.25, 0.3) is 0 Å². The third-order valence-corrected chi connectivity index (χ3v) is 10.1. The molecule has 4 nitrogen and oxygen atoms in total. The fourth-order valence-electron chi connectivity index (χ4n) is 7.53. The second-order valence-corrected chi connectivity index (χ2v) is 13.6. The Bertz CT molecular complexity index is 1110. The van der Waals surface area contributed by atoms with Crippen LogP contribution < -0.4 is 0 Å². The molecule has 1 amide bonds. The van der Waals surface area contributed by atoms with Gasteiger partial charge in [-0.1, -0.05) is 65.3 Å². The summed E-state index contributed by atoms with van der Waals surface area (Å²) in [6.07, 6.45) is 7.57. The molecule has 5 rings (SSSR count). The zero-order chi connectivity index (χ0) is 24.9. The SMILES string of the molecule is CC(C)C1=CN(C23CCC4(C(=O)O)CC42C3)C(=O)C[C@@]1(C)c1ccc(CCC(C)(C)C)c(Cl)c1. The highest BCUT2D eigenvalue weighted by Crippen LogP contribution is 2.92. The predicted molar refractivity (Wildman–Crippen MR) is 135 cm³/mol. The third-order valence-electron chi connectivity index (χ3n) is 9.73. The van der Waals surface area contributed by atoms with Crippen LogP contribution in [0.2, 0.25) is 5.02 Å². The largest absolute Gasteiger partial charge is 0.481 e. The van der Waals surface area contributed by atoms with Gasteiger partial charge in [0, 0.05) is 28.5 Å². The van der Waals surface area contributed by atoms with Crippen LogP contribution in [0.1, 0.15) is 91.2 Å². The number of aryl methyl sites for hydroxylation is 1. The minimum absolute atomic E-state index is 0.116. The number of rotatable bonds is 6. The van der Waals surface area contributed by atoms with Gasteiger partial charge in [-0.05, 0) is 72.6 Å². The van der Waals surface area contributed by atoms with E-state index in [1.165, 1.54) is 5.57 Å². The Labute approximate surface area is 208 Å². The van der Waals surface area contributed by atoms with Crippen LogP contribution in [0.4, 0.5) is 0 Å². The molecule has 4 aliphatic rings. The van der Waals surface area contributed by atoms with Crippen LogP contribution in [0.3, 0.4) is 0 Å². The number of hydrogen-bond donors (Lipinski definition) is 1. The molecule has 1 N–H and O–H groups in total. The second-order valence-electron chi connectivity index (χ2n) is 13.2. The number of aliphatic carboxylic acids is 1. The van der Waals surface area contributed by atoms with Crippen molar-refractivity contribution in [2.75, 3.05) is 0 Å². The number of carbonyl (C=O) groups excluding carboxylic acids is 1. The summed E-state index contributed by atoms with van der Waals surface area (Å²) in [7, 11) is 0. The summed E-state index contributed by atoms with van der Waals surface area (Å²) >= 11 is 6.76. The van der Waals surface area contributed by atoms with E-state index in [-0.39, 0.29) is 28.2 Å². The van der Waals surface area contributed by atoms with E-state index in [2.05, 4.69) is 65.9 Å². The molecule has 5 heteroatoms. The van der Waals surface area contributed by atoms with Crippen molar-refractivity contribution in [1.82, 2.24) is 4.90 Å². The van der Waals surface area contributed by atoms with Gasteiger partial charge >= 0.3 is 5.97 Å². The lowest BCUT2D eigenvalue weighted by Gasteiger charge is -2.44. The number of halogens is 1. The molecular formula is C29H38ClNO3. The Balaban J connectivity index is 1.47. The zero-order valence-corrected chi connectivity index (χ0v) is 22.2. The molecular weight excluding hydrogens is 446 g/mol. The normalized spacial score (nSPS) is 36.3. The number of carboxylic acid groups (broad SMARTS) is 1. The quantitative estimate of drug-likeness (QED) is 0.487. The van der Waals surface area contributed by atoms with Crippen LogP contribution in [0, 0.1) is 22.2 Å². The molecule has 184 valence electrons. The third kappa shape index (κ3) is 3.09. The first-order chi connectivity index (χ1) is 15.7. The lowest BCUT2D eigenvalue weighted by atomic mass is 9.68. The molecule has 1 spiro atoms. The minimum atomic E-state index is -0.671. The van der Waals surface area contributed by atoms with Crippen molar-refractivity contribution in [3.63, 3.8) is 0 Å². The van der Waals surface area contributed by atoms with E-state index in [9.17, 15) is 14.7 Å². The van der Waals surface area contributed by atoms with E-state index in [1.54, 1.807) is 0 Å². The van der Waals surface area contributed by atoms with Crippen LogP contribution >= 0.6 is 11.6 Å². The maximum Gasteiger partial charge on any atom is 0.310 e. The molecule has 1 heterocycles. The lowest BCUT2D eigenvalue weighted by molar-refractivity contribution is -0.144. The van der Waals surface area contributed by atoms with Crippen molar-refractivity contribution in [1.29, 1.82) is 0 Å². The monoisotopic (exact) mass is 483 g/mol. The first-order valence-corrected chi connectivity index (χ1v) is 13.2. The smallest absolute Gasteiger partial charge is 0.310 e. The van der Waals surface area contributed by atoms with Gasteiger partial charge in [0.1, 0.15) is 0 Å². The standard InChI is InChI=1S/C29H38ClNO3/c1-18(2)21-15-31(29-12-11-27(24(33)34)16-28(27,29)17-29)23(32)14-26(21,6)20-8-7-19(22(30)13-20)9-10-25(3,4)5/h7-8,13,15,18H,9-12,14,16-17H2,1-6H3,(H,33,34)/t26-,27?,28?,29?/m0/s1. The summed E-state index contributed by atoms with van der Waals surface area (Å²) < 4.78 is 0. The summed E-state index contributed by atoms with van der Waals surface area (Å²) in [5, 5.41) is 10.6. The fraction of sp³-hybridized carbons (Fsp3) is 0.655. The van der Waals surface area contributed by atoms with Gasteiger partial charge < -0.3 is 10.0 Å². The van der Waals surface area contributed by atoms with Crippen molar-refractivity contribution in [3.05, 3.63) is 46.1 Å². The fourth-order valence-corrected chi connectivity index (χ4v) is 7.80. The van der Waals surface area contributed by atoms with E-state index in [0.717, 1.165) is 48.3 Å². The molecule has 0 aromatic heterocycles. The molecule has 0 saturated heterocycles. The molecule has 34 heavy (non-hydrogen) atoms. The number of allylic oxidation sites excluding steroid dienone is 1. The summed E-state index contributed by atoms with van der Waals surface area (Å²) in [6, 6.07) is 6.37. The highest BCUT2D eigenvalue weighted by Gasteiger charge is 2.95. The van der Waals surface area contributed by atoms with Gasteiger partial charge in [0.05, 0.1) is 11.0 Å². The maximum atomic E-state index is 13.7. The second kappa shape index (κ2) is 7.12. The van der Waals surface area contributed by atoms with Gasteiger partial charge in [-0.3, -0.25) is 9.59 Å². The Hall–Kier alpha value is -1.81. The highest BCUT2D eigenvalue weighted by molar-refractivity contribution is 6.31. The average Bonchev–Trinajstić information content (AvgIpc) is 3.57. The molecule has 3 saturated carbocycles. The Kier molecular flexibility index (Phi) is 5.01. The van der Waals surface area contributed by atoms with Crippen molar-refractivity contribution < 1.29 is 14.7 Å². The van der Waals surface area contributed by atoms with Gasteiger partial charge in [-0.15, -0.1) is 0 Å². The number of benzene rings is 1. The van der Waals surface area contributed by atoms with Crippen LogP contribution in [0.5, 0.6) is 0 Å². The number of hydrogen-bond acceptors (Lipinski definition) is 2. The van der Waals surface area contributed by atoms with Crippen LogP contribution in [0.25, 0.3) is 0 Å². The lowest BCUT2D eigenvalue weighted by Crippen LogP contribution is -2.48. The van der Waals surface area contributed by atoms with E-state index in [4.69, 9.17) is 11.6 Å². The first kappa shape index (κ1) is 23.9. The van der Waals surface area contributed by atoms with Crippen LogP contribution in [-0.2, 0) is 21.4 Å². The number of amides is 1. The molecule has 1 aromatic rings. The number of nitrogens with zero attached hydrogens (tertiary/aromatic N) is 1. The van der Waals surface area contributed by atoms with Crippen molar-refractivity contribution in [2.45, 2.75) is 97.4 Å². The van der Waals surface area contributed by atoms with Gasteiger partial charge in [0.2, 0.25) is 5.91 Å². The molecule has 1 aliphatic heterocycles. The van der Waals surface area contributed by atoms with Gasteiger partial charge in [-0.2, -0.15) is 0 Å². The topological polar surface area (TPSA) is 57.6 Å². The molecule has 1 aromatic carbocycles. The molecule has 0 radical (unpaired) electrons. The van der Waals surface area contributed by atoms with E-state index >= 15 is 0 Å². The molecule has 3 unspecified atom stereocenters. The predicted octanol–water partition coefficient (Wildman–Crippen LogP) is 6.75. The minimum Gasteiger partial charge on any atom is -0.481 e. The highest BCUT2D eigenvalue weighted by atomic mass is 35.5. The van der Waals surface area contributed by atoms with Crippen molar-refractivity contribution >= 4 is 23.5 Å². The number of carboxylic acids is 1. The zero-order valence-electron chi connectivity index (χ0n) is 21.4. The molecule has 0 bridgehead atoms. The Morgan fingerprint density at radius 2 is 1.91 bits per heavy atom. The maximum absolute atomic E-state index is 13.7. The average molecular weight is 484 g/mol. The van der Waals surface area contributed by atoms with Gasteiger partial charge in [0.15, 0.2) is 0 Å². The summed E-state index contributed by atoms with van der Waals surface area (Å²) in [5.41, 5.74) is 2.26. The summed E-state index contributed by atoms with van der Waals surface area (Å²) in [4.78, 5) is 27.6. The first-order valence-electron chi connectivity index (χ1n) is 12.8. The van der Waals surface area contributed by atoms with Gasteiger partial charge in [-0.25, -0.2) is 0 Å².